The van der Waals surface area contributed by atoms with Crippen LogP contribution in [0.4, 0.5) is 10.3 Å². The maximum Gasteiger partial charge on any atom is 0.270 e. The maximum absolute atomic E-state index is 14.0. The topological polar surface area (TPSA) is 112 Å². The predicted molar refractivity (Wildman–Crippen MR) is 151 cm³/mol. The number of aromatic amines is 1. The Labute approximate surface area is 232 Å². The molecule has 2 aromatic heterocycles. The van der Waals surface area contributed by atoms with Gasteiger partial charge in [0.05, 0.1) is 22.4 Å². The summed E-state index contributed by atoms with van der Waals surface area (Å²) in [5.74, 6) is -0.530. The second-order valence-corrected chi connectivity index (χ2v) is 10.7. The molecule has 0 aliphatic carbocycles. The number of hydrogen-bond donors (Lipinski definition) is 3. The molecule has 39 heavy (non-hydrogen) atoms. The average Bonchev–Trinajstić information content (AvgIpc) is 3.35. The number of carbonyl (C=O) groups excluding carboxylic acids is 2. The molecule has 4 aromatic rings. The molecule has 1 atom stereocenters. The zero-order chi connectivity index (χ0) is 28.0. The molecule has 3 heterocycles. The molecule has 0 unspecified atom stereocenters. The summed E-state index contributed by atoms with van der Waals surface area (Å²) in [4.78, 5) is 48.9. The Morgan fingerprint density at radius 3 is 2.56 bits per heavy atom. The molecule has 0 saturated carbocycles. The first-order valence-corrected chi connectivity index (χ1v) is 13.4. The molecule has 11 heteroatoms. The maximum atomic E-state index is 14.0. The number of fused-ring (bicyclic) bond motifs is 2. The molecule has 5 rings (SSSR count). The third kappa shape index (κ3) is 4.82. The smallest absolute Gasteiger partial charge is 0.270 e. The van der Waals surface area contributed by atoms with Gasteiger partial charge in [-0.2, -0.15) is 0 Å². The first-order valence-electron chi connectivity index (χ1n) is 12.6. The van der Waals surface area contributed by atoms with Gasteiger partial charge in [0.25, 0.3) is 17.4 Å². The summed E-state index contributed by atoms with van der Waals surface area (Å²) < 4.78 is 15.8. The van der Waals surface area contributed by atoms with Crippen LogP contribution in [0.3, 0.4) is 0 Å². The lowest BCUT2D eigenvalue weighted by molar-refractivity contribution is 0.0648. The van der Waals surface area contributed by atoms with Gasteiger partial charge in [0.2, 0.25) is 5.95 Å². The molecule has 0 spiro atoms. The highest BCUT2D eigenvalue weighted by atomic mass is 79.9. The first kappa shape index (κ1) is 26.6. The molecule has 9 nitrogen and oxygen atoms in total. The number of benzene rings is 2. The Bertz CT molecular complexity index is 1660. The van der Waals surface area contributed by atoms with Crippen molar-refractivity contribution in [2.24, 2.45) is 0 Å². The highest BCUT2D eigenvalue weighted by molar-refractivity contribution is 9.10. The van der Waals surface area contributed by atoms with Gasteiger partial charge in [-0.3, -0.25) is 14.4 Å². The predicted octanol–water partition coefficient (Wildman–Crippen LogP) is 4.38. The van der Waals surface area contributed by atoms with E-state index in [1.165, 1.54) is 10.6 Å². The minimum Gasteiger partial charge on any atom is -0.355 e. The molecule has 3 N–H and O–H groups in total. The second-order valence-electron chi connectivity index (χ2n) is 9.92. The van der Waals surface area contributed by atoms with Gasteiger partial charge in [-0.05, 0) is 85.6 Å². The standard InChI is InChI=1S/C28H28BrFN6O3/c1-14(2)32-28-34-23-13-35(27(39)22-12-18-21(33-22)10-9-20(30)24(18)29)15(3)11-19(23)26(38)36(28)17-7-5-16(6-8-17)25(37)31-4/h5-10,12,14-15,33H,11,13H2,1-4H3,(H,31,37)(H,32,34)/t15-/m1/s1. The number of halogens is 2. The average molecular weight is 595 g/mol. The SMILES string of the molecule is CNC(=O)c1ccc(-n2c(NC(C)C)nc3c(c2=O)C[C@@H](C)N(C(=O)c2cc4c(Br)c(F)ccc4[nH]2)C3)cc1. The van der Waals surface area contributed by atoms with Gasteiger partial charge in [0.1, 0.15) is 11.5 Å². The third-order valence-electron chi connectivity index (χ3n) is 6.83. The lowest BCUT2D eigenvalue weighted by atomic mass is 9.99. The molecule has 0 fully saturated rings. The van der Waals surface area contributed by atoms with Crippen LogP contribution in [0.5, 0.6) is 0 Å². The number of anilines is 1. The molecule has 2 aromatic carbocycles. The number of carbonyl (C=O) groups is 2. The highest BCUT2D eigenvalue weighted by Gasteiger charge is 2.32. The van der Waals surface area contributed by atoms with Gasteiger partial charge < -0.3 is 20.5 Å². The number of nitrogens with one attached hydrogen (secondary N) is 3. The van der Waals surface area contributed by atoms with Crippen molar-refractivity contribution in [3.63, 3.8) is 0 Å². The van der Waals surface area contributed by atoms with Crippen LogP contribution >= 0.6 is 15.9 Å². The van der Waals surface area contributed by atoms with E-state index in [0.29, 0.717) is 55.9 Å². The molecule has 0 radical (unpaired) electrons. The molecule has 0 saturated heterocycles. The van der Waals surface area contributed by atoms with Gasteiger partial charge in [0.15, 0.2) is 0 Å². The van der Waals surface area contributed by atoms with Crippen LogP contribution in [-0.4, -0.2) is 50.4 Å². The molecule has 202 valence electrons. The Morgan fingerprint density at radius 1 is 1.18 bits per heavy atom. The van der Waals surface area contributed by atoms with E-state index in [0.717, 1.165) is 0 Å². The normalized spacial score (nSPS) is 14.9. The second kappa shape index (κ2) is 10.3. The van der Waals surface area contributed by atoms with Crippen molar-refractivity contribution >= 4 is 44.6 Å². The highest BCUT2D eigenvalue weighted by Crippen LogP contribution is 2.30. The Hall–Kier alpha value is -3.99. The van der Waals surface area contributed by atoms with E-state index < -0.39 is 5.82 Å². The number of rotatable bonds is 5. The van der Waals surface area contributed by atoms with E-state index in [1.807, 2.05) is 20.8 Å². The van der Waals surface area contributed by atoms with Crippen LogP contribution in [0.1, 0.15) is 52.9 Å². The van der Waals surface area contributed by atoms with Crippen LogP contribution < -0.4 is 16.2 Å². The summed E-state index contributed by atoms with van der Waals surface area (Å²) in [6.07, 6.45) is 0.323. The molecule has 2 amide bonds. The van der Waals surface area contributed by atoms with Crippen LogP contribution in [0, 0.1) is 5.82 Å². The summed E-state index contributed by atoms with van der Waals surface area (Å²) >= 11 is 3.25. The minimum absolute atomic E-state index is 0.0169. The van der Waals surface area contributed by atoms with Crippen LogP contribution in [0.15, 0.2) is 51.7 Å². The van der Waals surface area contributed by atoms with Crippen LogP contribution in [0.2, 0.25) is 0 Å². The Balaban J connectivity index is 1.53. The largest absolute Gasteiger partial charge is 0.355 e. The number of nitrogens with zero attached hydrogens (tertiary/aromatic N) is 3. The zero-order valence-corrected chi connectivity index (χ0v) is 23.5. The Kier molecular flexibility index (Phi) is 7.02. The van der Waals surface area contributed by atoms with Gasteiger partial charge in [-0.15, -0.1) is 0 Å². The molecule has 0 bridgehead atoms. The van der Waals surface area contributed by atoms with Crippen molar-refractivity contribution in [2.75, 3.05) is 12.4 Å². The van der Waals surface area contributed by atoms with E-state index in [4.69, 9.17) is 4.98 Å². The summed E-state index contributed by atoms with van der Waals surface area (Å²) in [6.45, 7) is 5.93. The third-order valence-corrected chi connectivity index (χ3v) is 7.63. The van der Waals surface area contributed by atoms with Crippen molar-refractivity contribution in [1.82, 2.24) is 24.8 Å². The number of hydrogen-bond acceptors (Lipinski definition) is 5. The molecule has 1 aliphatic heterocycles. The summed E-state index contributed by atoms with van der Waals surface area (Å²) in [5.41, 5.74) is 2.87. The van der Waals surface area contributed by atoms with Crippen molar-refractivity contribution < 1.29 is 14.0 Å². The fourth-order valence-electron chi connectivity index (χ4n) is 4.84. The van der Waals surface area contributed by atoms with E-state index >= 15 is 0 Å². The van der Waals surface area contributed by atoms with E-state index in [-0.39, 0.29) is 36.0 Å². The van der Waals surface area contributed by atoms with E-state index in [9.17, 15) is 18.8 Å². The number of amides is 2. The molecular formula is C28H28BrFN6O3. The van der Waals surface area contributed by atoms with Crippen LogP contribution in [-0.2, 0) is 13.0 Å². The van der Waals surface area contributed by atoms with Gasteiger partial charge in [-0.1, -0.05) is 0 Å². The van der Waals surface area contributed by atoms with Crippen molar-refractivity contribution in [2.45, 2.75) is 45.8 Å². The fourth-order valence-corrected chi connectivity index (χ4v) is 5.30. The van der Waals surface area contributed by atoms with E-state index in [2.05, 4.69) is 31.5 Å². The van der Waals surface area contributed by atoms with E-state index in [1.54, 1.807) is 48.3 Å². The molecule has 1 aliphatic rings. The zero-order valence-electron chi connectivity index (χ0n) is 21.9. The van der Waals surface area contributed by atoms with Crippen molar-refractivity contribution in [3.8, 4) is 5.69 Å². The lowest BCUT2D eigenvalue weighted by Gasteiger charge is -2.34. The monoisotopic (exact) mass is 594 g/mol. The minimum atomic E-state index is -0.408. The fraction of sp³-hybridized carbons (Fsp3) is 0.286. The van der Waals surface area contributed by atoms with Crippen molar-refractivity contribution in [1.29, 1.82) is 0 Å². The van der Waals surface area contributed by atoms with Gasteiger partial charge in [-0.25, -0.2) is 13.9 Å². The lowest BCUT2D eigenvalue weighted by Crippen LogP contribution is -2.46. The number of H-pyrrole nitrogens is 1. The summed E-state index contributed by atoms with van der Waals surface area (Å²) in [5, 5.41) is 6.42. The van der Waals surface area contributed by atoms with Crippen LogP contribution in [0.25, 0.3) is 16.6 Å². The first-order chi connectivity index (χ1) is 18.6. The molecular weight excluding hydrogens is 567 g/mol. The summed E-state index contributed by atoms with van der Waals surface area (Å²) in [6, 6.07) is 11.0. The quantitative estimate of drug-likeness (QED) is 0.317. The Morgan fingerprint density at radius 2 is 1.90 bits per heavy atom. The van der Waals surface area contributed by atoms with Gasteiger partial charge >= 0.3 is 0 Å². The summed E-state index contributed by atoms with van der Waals surface area (Å²) in [7, 11) is 1.56. The van der Waals surface area contributed by atoms with Crippen molar-refractivity contribution in [3.05, 3.63) is 85.6 Å². The van der Waals surface area contributed by atoms with Gasteiger partial charge in [0, 0.05) is 41.2 Å². The number of aromatic nitrogens is 3.